The molecule has 0 spiro atoms. The Balaban J connectivity index is 2.11. The Hall–Kier alpha value is -2.38. The van der Waals surface area contributed by atoms with Gasteiger partial charge in [0.25, 0.3) is 11.7 Å². The van der Waals surface area contributed by atoms with Crippen LogP contribution < -0.4 is 5.01 Å². The molecule has 0 radical (unpaired) electrons. The molecule has 140 valence electrons. The number of nitrogens with zero attached hydrogens (tertiary/aromatic N) is 3. The molecule has 0 fully saturated rings. The van der Waals surface area contributed by atoms with Crippen LogP contribution in [-0.2, 0) is 4.79 Å². The standard InChI is InChI=1S/C19H16ClF2N3OS/c1-24(2)11-15-17(14-5-3-4-6-16(14)27-19(21)22)23-25(18(15)26)13-9-7-12(20)8-10-13/h3-11,19H,1-2H3. The molecule has 1 aliphatic heterocycles. The minimum Gasteiger partial charge on any atom is -0.383 e. The first-order valence-corrected chi connectivity index (χ1v) is 9.24. The summed E-state index contributed by atoms with van der Waals surface area (Å²) in [6.45, 7) is 0. The van der Waals surface area contributed by atoms with Gasteiger partial charge in [0.2, 0.25) is 0 Å². The molecule has 1 aliphatic rings. The van der Waals surface area contributed by atoms with Gasteiger partial charge in [-0.1, -0.05) is 41.6 Å². The van der Waals surface area contributed by atoms with E-state index in [1.165, 1.54) is 5.01 Å². The zero-order valence-corrected chi connectivity index (χ0v) is 16.1. The van der Waals surface area contributed by atoms with Crippen molar-refractivity contribution in [3.8, 4) is 0 Å². The first kappa shape index (κ1) is 19.4. The highest BCUT2D eigenvalue weighted by molar-refractivity contribution is 7.99. The quantitative estimate of drug-likeness (QED) is 0.525. The van der Waals surface area contributed by atoms with E-state index in [0.29, 0.717) is 44.2 Å². The number of hydrogen-bond donors (Lipinski definition) is 0. The van der Waals surface area contributed by atoms with Crippen LogP contribution in [-0.4, -0.2) is 36.4 Å². The lowest BCUT2D eigenvalue weighted by atomic mass is 10.0. The van der Waals surface area contributed by atoms with Gasteiger partial charge < -0.3 is 4.90 Å². The molecule has 1 amide bonds. The Labute approximate surface area is 165 Å². The number of alkyl halides is 2. The zero-order valence-electron chi connectivity index (χ0n) is 14.6. The molecule has 0 saturated heterocycles. The van der Waals surface area contributed by atoms with E-state index in [4.69, 9.17) is 11.6 Å². The van der Waals surface area contributed by atoms with E-state index < -0.39 is 5.76 Å². The molecule has 0 bridgehead atoms. The second kappa shape index (κ2) is 8.10. The summed E-state index contributed by atoms with van der Waals surface area (Å²) in [4.78, 5) is 15.1. The number of rotatable bonds is 5. The lowest BCUT2D eigenvalue weighted by molar-refractivity contribution is -0.114. The third-order valence-electron chi connectivity index (χ3n) is 3.69. The maximum atomic E-state index is 13.0. The van der Waals surface area contributed by atoms with E-state index in [1.54, 1.807) is 73.7 Å². The SMILES string of the molecule is CN(C)C=C1C(=O)N(c2ccc(Cl)cc2)N=C1c1ccccc1SC(F)F. The summed E-state index contributed by atoms with van der Waals surface area (Å²) in [6.07, 6.45) is 1.64. The normalized spacial score (nSPS) is 15.6. The maximum Gasteiger partial charge on any atom is 0.288 e. The average Bonchev–Trinajstić information content (AvgIpc) is 2.92. The molecule has 8 heteroatoms. The molecule has 0 saturated carbocycles. The summed E-state index contributed by atoms with van der Waals surface area (Å²) in [6, 6.07) is 13.4. The van der Waals surface area contributed by atoms with Crippen LogP contribution in [0, 0.1) is 0 Å². The highest BCUT2D eigenvalue weighted by Crippen LogP contribution is 2.33. The summed E-state index contributed by atoms with van der Waals surface area (Å²) in [5.74, 6) is -2.91. The molecule has 2 aromatic carbocycles. The summed E-state index contributed by atoms with van der Waals surface area (Å²) in [5, 5.41) is 6.24. The van der Waals surface area contributed by atoms with E-state index in [1.807, 2.05) is 0 Å². The fourth-order valence-electron chi connectivity index (χ4n) is 2.61. The van der Waals surface area contributed by atoms with E-state index >= 15 is 0 Å². The number of hydrazone groups is 1. The Kier molecular flexibility index (Phi) is 5.82. The van der Waals surface area contributed by atoms with Crippen molar-refractivity contribution in [3.05, 3.63) is 70.9 Å². The number of carbonyl (C=O) groups is 1. The number of carbonyl (C=O) groups excluding carboxylic acids is 1. The smallest absolute Gasteiger partial charge is 0.288 e. The molecule has 0 aliphatic carbocycles. The van der Waals surface area contributed by atoms with E-state index in [0.717, 1.165) is 0 Å². The predicted octanol–water partition coefficient (Wildman–Crippen LogP) is 4.85. The second-order valence-electron chi connectivity index (χ2n) is 5.92. The summed E-state index contributed by atoms with van der Waals surface area (Å²) in [7, 11) is 3.56. The van der Waals surface area contributed by atoms with Crippen molar-refractivity contribution < 1.29 is 13.6 Å². The Bertz CT molecular complexity index is 913. The zero-order chi connectivity index (χ0) is 19.6. The molecule has 3 rings (SSSR count). The van der Waals surface area contributed by atoms with Crippen molar-refractivity contribution in [2.75, 3.05) is 19.1 Å². The molecular formula is C19H16ClF2N3OS. The van der Waals surface area contributed by atoms with Gasteiger partial charge in [-0.3, -0.25) is 4.79 Å². The van der Waals surface area contributed by atoms with Gasteiger partial charge in [-0.25, -0.2) is 0 Å². The van der Waals surface area contributed by atoms with Gasteiger partial charge >= 0.3 is 0 Å². The minimum atomic E-state index is -2.57. The molecule has 4 nitrogen and oxygen atoms in total. The van der Waals surface area contributed by atoms with Crippen molar-refractivity contribution in [2.45, 2.75) is 10.7 Å². The fraction of sp³-hybridized carbons (Fsp3) is 0.158. The van der Waals surface area contributed by atoms with Crippen LogP contribution in [0.25, 0.3) is 0 Å². The van der Waals surface area contributed by atoms with Crippen LogP contribution in [0.15, 0.2) is 70.3 Å². The fourth-order valence-corrected chi connectivity index (χ4v) is 3.37. The lowest BCUT2D eigenvalue weighted by Crippen LogP contribution is -2.22. The predicted molar refractivity (Wildman–Crippen MR) is 106 cm³/mol. The number of thioether (sulfide) groups is 1. The molecular weight excluding hydrogens is 392 g/mol. The third-order valence-corrected chi connectivity index (χ3v) is 4.73. The highest BCUT2D eigenvalue weighted by Gasteiger charge is 2.33. The van der Waals surface area contributed by atoms with Gasteiger partial charge in [0.15, 0.2) is 0 Å². The topological polar surface area (TPSA) is 35.9 Å². The number of anilines is 1. The van der Waals surface area contributed by atoms with Crippen LogP contribution >= 0.6 is 23.4 Å². The van der Waals surface area contributed by atoms with Crippen molar-refractivity contribution in [1.29, 1.82) is 0 Å². The lowest BCUT2D eigenvalue weighted by Gasteiger charge is -2.12. The van der Waals surface area contributed by atoms with Gasteiger partial charge in [-0.15, -0.1) is 0 Å². The van der Waals surface area contributed by atoms with E-state index in [9.17, 15) is 13.6 Å². The largest absolute Gasteiger partial charge is 0.383 e. The van der Waals surface area contributed by atoms with Crippen molar-refractivity contribution in [1.82, 2.24) is 4.90 Å². The van der Waals surface area contributed by atoms with Gasteiger partial charge in [-0.05, 0) is 30.3 Å². The minimum absolute atomic E-state index is 0.331. The van der Waals surface area contributed by atoms with Crippen LogP contribution in [0.2, 0.25) is 5.02 Å². The van der Waals surface area contributed by atoms with Crippen LogP contribution in [0.3, 0.4) is 0 Å². The van der Waals surface area contributed by atoms with Gasteiger partial charge in [0, 0.05) is 35.8 Å². The van der Waals surface area contributed by atoms with Crippen molar-refractivity contribution >= 4 is 40.7 Å². The molecule has 0 N–H and O–H groups in total. The van der Waals surface area contributed by atoms with E-state index in [-0.39, 0.29) is 5.91 Å². The number of benzene rings is 2. The third kappa shape index (κ3) is 4.31. The molecule has 0 atom stereocenters. The van der Waals surface area contributed by atoms with Crippen LogP contribution in [0.4, 0.5) is 14.5 Å². The Morgan fingerprint density at radius 1 is 1.15 bits per heavy atom. The average molecular weight is 408 g/mol. The first-order chi connectivity index (χ1) is 12.9. The summed E-state index contributed by atoms with van der Waals surface area (Å²) < 4.78 is 25.9. The Morgan fingerprint density at radius 3 is 2.44 bits per heavy atom. The maximum absolute atomic E-state index is 13.0. The summed E-state index contributed by atoms with van der Waals surface area (Å²) in [5.41, 5.74) is 1.72. The second-order valence-corrected chi connectivity index (χ2v) is 7.39. The van der Waals surface area contributed by atoms with Crippen LogP contribution in [0.5, 0.6) is 0 Å². The van der Waals surface area contributed by atoms with Crippen molar-refractivity contribution in [3.63, 3.8) is 0 Å². The molecule has 0 aromatic heterocycles. The highest BCUT2D eigenvalue weighted by atomic mass is 35.5. The monoisotopic (exact) mass is 407 g/mol. The van der Waals surface area contributed by atoms with Gasteiger partial charge in [0.1, 0.15) is 5.71 Å². The van der Waals surface area contributed by atoms with Crippen molar-refractivity contribution in [2.24, 2.45) is 5.10 Å². The number of halogens is 3. The first-order valence-electron chi connectivity index (χ1n) is 7.98. The van der Waals surface area contributed by atoms with Gasteiger partial charge in [0.05, 0.1) is 11.3 Å². The van der Waals surface area contributed by atoms with Crippen LogP contribution in [0.1, 0.15) is 5.56 Å². The molecule has 2 aromatic rings. The number of hydrogen-bond acceptors (Lipinski definition) is 4. The van der Waals surface area contributed by atoms with Gasteiger partial charge in [-0.2, -0.15) is 18.9 Å². The number of amides is 1. The molecule has 1 heterocycles. The van der Waals surface area contributed by atoms with E-state index in [2.05, 4.69) is 5.10 Å². The summed E-state index contributed by atoms with van der Waals surface area (Å²) >= 11 is 6.35. The Morgan fingerprint density at radius 2 is 1.81 bits per heavy atom. The molecule has 0 unspecified atom stereocenters. The molecule has 27 heavy (non-hydrogen) atoms.